The van der Waals surface area contributed by atoms with Crippen LogP contribution in [-0.4, -0.2) is 60.0 Å². The number of methoxy groups -OCH3 is 2. The molecule has 0 aliphatic heterocycles. The van der Waals surface area contributed by atoms with Gasteiger partial charge in [-0.05, 0) is 37.0 Å². The van der Waals surface area contributed by atoms with Crippen LogP contribution in [0.25, 0.3) is 0 Å². The molecule has 1 aromatic carbocycles. The van der Waals surface area contributed by atoms with Crippen molar-refractivity contribution in [2.24, 2.45) is 0 Å². The van der Waals surface area contributed by atoms with Crippen LogP contribution in [0.4, 0.5) is 0 Å². The predicted octanol–water partition coefficient (Wildman–Crippen LogP) is 1.85. The Balaban J connectivity index is 1.46. The number of benzene rings is 1. The first-order valence-electron chi connectivity index (χ1n) is 9.67. The van der Waals surface area contributed by atoms with Crippen molar-refractivity contribution in [2.75, 3.05) is 27.3 Å². The van der Waals surface area contributed by atoms with Gasteiger partial charge in [0.1, 0.15) is 5.69 Å². The zero-order valence-electron chi connectivity index (χ0n) is 16.8. The van der Waals surface area contributed by atoms with Crippen molar-refractivity contribution in [3.8, 4) is 11.5 Å². The molecule has 2 aromatic rings. The molecule has 1 saturated carbocycles. The minimum absolute atomic E-state index is 0.0805. The predicted molar refractivity (Wildman–Crippen MR) is 107 cm³/mol. The van der Waals surface area contributed by atoms with Crippen LogP contribution in [0.1, 0.15) is 35.3 Å². The topological polar surface area (TPSA) is 93.7 Å². The van der Waals surface area contributed by atoms with Crippen molar-refractivity contribution in [1.29, 1.82) is 0 Å². The maximum absolute atomic E-state index is 12.6. The minimum atomic E-state index is -0.168. The summed E-state index contributed by atoms with van der Waals surface area (Å²) < 4.78 is 10.5. The van der Waals surface area contributed by atoms with Crippen LogP contribution in [0.3, 0.4) is 0 Å². The number of nitrogens with one attached hydrogen (secondary N) is 1. The normalized spacial score (nSPS) is 12.9. The van der Waals surface area contributed by atoms with E-state index in [0.29, 0.717) is 36.7 Å². The van der Waals surface area contributed by atoms with E-state index in [-0.39, 0.29) is 24.3 Å². The van der Waals surface area contributed by atoms with E-state index in [1.165, 1.54) is 18.6 Å². The summed E-state index contributed by atoms with van der Waals surface area (Å²) in [6, 6.07) is 5.90. The van der Waals surface area contributed by atoms with Crippen molar-refractivity contribution in [3.05, 3.63) is 48.0 Å². The van der Waals surface area contributed by atoms with E-state index in [1.54, 1.807) is 19.1 Å². The Morgan fingerprint density at radius 3 is 2.62 bits per heavy atom. The van der Waals surface area contributed by atoms with E-state index in [2.05, 4.69) is 15.3 Å². The number of hydrogen-bond donors (Lipinski definition) is 1. The molecule has 8 heteroatoms. The van der Waals surface area contributed by atoms with E-state index < -0.39 is 0 Å². The Kier molecular flexibility index (Phi) is 6.99. The smallest absolute Gasteiger partial charge is 0.274 e. The molecule has 0 unspecified atom stereocenters. The lowest BCUT2D eigenvalue weighted by atomic mass is 10.1. The van der Waals surface area contributed by atoms with Crippen molar-refractivity contribution < 1.29 is 19.1 Å². The van der Waals surface area contributed by atoms with Crippen molar-refractivity contribution in [1.82, 2.24) is 20.2 Å². The summed E-state index contributed by atoms with van der Waals surface area (Å²) in [5.74, 6) is 1.09. The molecule has 1 fully saturated rings. The summed E-state index contributed by atoms with van der Waals surface area (Å²) in [5, 5.41) is 2.91. The molecular formula is C21H26N4O4. The zero-order chi connectivity index (χ0) is 20.6. The quantitative estimate of drug-likeness (QED) is 0.656. The minimum Gasteiger partial charge on any atom is -0.493 e. The number of rotatable bonds is 10. The molecule has 0 radical (unpaired) electrons. The van der Waals surface area contributed by atoms with Crippen LogP contribution >= 0.6 is 0 Å². The van der Waals surface area contributed by atoms with Gasteiger partial charge in [-0.15, -0.1) is 0 Å². The van der Waals surface area contributed by atoms with Crippen molar-refractivity contribution in [2.45, 2.75) is 31.7 Å². The fourth-order valence-corrected chi connectivity index (χ4v) is 3.09. The van der Waals surface area contributed by atoms with Gasteiger partial charge in [-0.2, -0.15) is 0 Å². The molecule has 29 heavy (non-hydrogen) atoms. The highest BCUT2D eigenvalue weighted by Gasteiger charge is 2.33. The monoisotopic (exact) mass is 398 g/mol. The van der Waals surface area contributed by atoms with E-state index in [1.807, 2.05) is 18.2 Å². The molecule has 0 bridgehead atoms. The fraction of sp³-hybridized carbons (Fsp3) is 0.429. The second-order valence-electron chi connectivity index (χ2n) is 6.86. The molecule has 1 heterocycles. The SMILES string of the molecule is COc1ccc(CCNC(=O)CCN(C(=O)c2cnccn2)C2CC2)cc1OC. The second kappa shape index (κ2) is 9.86. The highest BCUT2D eigenvalue weighted by Crippen LogP contribution is 2.28. The van der Waals surface area contributed by atoms with Gasteiger partial charge in [-0.3, -0.25) is 14.6 Å². The fourth-order valence-electron chi connectivity index (χ4n) is 3.09. The largest absolute Gasteiger partial charge is 0.493 e. The second-order valence-corrected chi connectivity index (χ2v) is 6.86. The van der Waals surface area contributed by atoms with Crippen LogP contribution in [0.5, 0.6) is 11.5 Å². The van der Waals surface area contributed by atoms with Gasteiger partial charge in [0.15, 0.2) is 11.5 Å². The standard InChI is InChI=1S/C21H26N4O4/c1-28-18-6-3-15(13-19(18)29-2)7-9-24-20(26)8-12-25(16-4-5-16)21(27)17-14-22-10-11-23-17/h3,6,10-11,13-14,16H,4-5,7-9,12H2,1-2H3,(H,24,26). The molecule has 0 saturated heterocycles. The summed E-state index contributed by atoms with van der Waals surface area (Å²) in [5.41, 5.74) is 1.36. The lowest BCUT2D eigenvalue weighted by Crippen LogP contribution is -2.37. The van der Waals surface area contributed by atoms with Crippen LogP contribution < -0.4 is 14.8 Å². The highest BCUT2D eigenvalue weighted by molar-refractivity contribution is 5.92. The third-order valence-corrected chi connectivity index (χ3v) is 4.79. The summed E-state index contributed by atoms with van der Waals surface area (Å²) in [7, 11) is 3.19. The Morgan fingerprint density at radius 1 is 1.17 bits per heavy atom. The highest BCUT2D eigenvalue weighted by atomic mass is 16.5. The number of carbonyl (C=O) groups excluding carboxylic acids is 2. The Morgan fingerprint density at radius 2 is 1.97 bits per heavy atom. The average Bonchev–Trinajstić information content (AvgIpc) is 3.59. The van der Waals surface area contributed by atoms with E-state index >= 15 is 0 Å². The summed E-state index contributed by atoms with van der Waals surface area (Å²) in [6.45, 7) is 0.887. The molecular weight excluding hydrogens is 372 g/mol. The number of aromatic nitrogens is 2. The van der Waals surface area contributed by atoms with Gasteiger partial charge in [-0.1, -0.05) is 6.07 Å². The third-order valence-electron chi connectivity index (χ3n) is 4.79. The maximum Gasteiger partial charge on any atom is 0.274 e. The first kappa shape index (κ1) is 20.6. The lowest BCUT2D eigenvalue weighted by Gasteiger charge is -2.21. The average molecular weight is 398 g/mol. The lowest BCUT2D eigenvalue weighted by molar-refractivity contribution is -0.121. The van der Waals surface area contributed by atoms with Gasteiger partial charge < -0.3 is 19.7 Å². The molecule has 0 spiro atoms. The molecule has 3 rings (SSSR count). The summed E-state index contributed by atoms with van der Waals surface area (Å²) in [6.07, 6.45) is 7.36. The molecule has 1 N–H and O–H groups in total. The number of carbonyl (C=O) groups is 2. The Bertz CT molecular complexity index is 840. The molecule has 0 atom stereocenters. The van der Waals surface area contributed by atoms with E-state index in [4.69, 9.17) is 9.47 Å². The molecule has 1 aromatic heterocycles. The first-order chi connectivity index (χ1) is 14.1. The van der Waals surface area contributed by atoms with Gasteiger partial charge in [0.25, 0.3) is 5.91 Å². The number of amides is 2. The Hall–Kier alpha value is -3.16. The van der Waals surface area contributed by atoms with Gasteiger partial charge in [0.05, 0.1) is 20.4 Å². The third kappa shape index (κ3) is 5.66. The Labute approximate surface area is 170 Å². The van der Waals surface area contributed by atoms with Crippen LogP contribution in [0.15, 0.2) is 36.8 Å². The molecule has 154 valence electrons. The molecule has 1 aliphatic carbocycles. The molecule has 1 aliphatic rings. The van der Waals surface area contributed by atoms with E-state index in [0.717, 1.165) is 18.4 Å². The molecule has 8 nitrogen and oxygen atoms in total. The molecule has 2 amide bonds. The van der Waals surface area contributed by atoms with Gasteiger partial charge in [0.2, 0.25) is 5.91 Å². The number of nitrogens with zero attached hydrogens (tertiary/aromatic N) is 3. The van der Waals surface area contributed by atoms with Crippen LogP contribution in [0, 0.1) is 0 Å². The first-order valence-corrected chi connectivity index (χ1v) is 9.67. The van der Waals surface area contributed by atoms with Crippen molar-refractivity contribution in [3.63, 3.8) is 0 Å². The number of hydrogen-bond acceptors (Lipinski definition) is 6. The van der Waals surface area contributed by atoms with Gasteiger partial charge in [-0.25, -0.2) is 4.98 Å². The number of ether oxygens (including phenoxy) is 2. The van der Waals surface area contributed by atoms with Crippen molar-refractivity contribution >= 4 is 11.8 Å². The van der Waals surface area contributed by atoms with E-state index in [9.17, 15) is 9.59 Å². The van der Waals surface area contributed by atoms with Gasteiger partial charge in [0, 0.05) is 37.9 Å². The zero-order valence-corrected chi connectivity index (χ0v) is 16.8. The van der Waals surface area contributed by atoms with Crippen LogP contribution in [0.2, 0.25) is 0 Å². The van der Waals surface area contributed by atoms with Crippen LogP contribution in [-0.2, 0) is 11.2 Å². The summed E-state index contributed by atoms with van der Waals surface area (Å²) in [4.78, 5) is 34.6. The van der Waals surface area contributed by atoms with Gasteiger partial charge >= 0.3 is 0 Å². The summed E-state index contributed by atoms with van der Waals surface area (Å²) >= 11 is 0. The maximum atomic E-state index is 12.6.